The minimum atomic E-state index is -0.768. The molecule has 4 heteroatoms. The summed E-state index contributed by atoms with van der Waals surface area (Å²) in [6.07, 6.45) is 1.92. The third-order valence-electron chi connectivity index (χ3n) is 5.51. The highest BCUT2D eigenvalue weighted by Crippen LogP contribution is 2.46. The second kappa shape index (κ2) is 5.66. The van der Waals surface area contributed by atoms with Crippen molar-refractivity contribution < 1.29 is 20.1 Å². The van der Waals surface area contributed by atoms with E-state index < -0.39 is 5.97 Å². The van der Waals surface area contributed by atoms with E-state index in [-0.39, 0.29) is 29.8 Å². The second-order valence-corrected chi connectivity index (χ2v) is 7.08. The summed E-state index contributed by atoms with van der Waals surface area (Å²) in [5.41, 5.74) is 2.29. The topological polar surface area (TPSA) is 77.8 Å². The molecule has 1 aliphatic rings. The first-order chi connectivity index (χ1) is 12.0. The normalized spacial score (nSPS) is 17.7. The second-order valence-electron chi connectivity index (χ2n) is 7.08. The van der Waals surface area contributed by atoms with E-state index in [2.05, 4.69) is 6.07 Å². The number of aryl methyl sites for hydroxylation is 1. The van der Waals surface area contributed by atoms with Gasteiger partial charge < -0.3 is 15.3 Å². The zero-order valence-electron chi connectivity index (χ0n) is 14.0. The molecular weight excluding hydrogens is 316 g/mol. The van der Waals surface area contributed by atoms with E-state index in [0.29, 0.717) is 0 Å². The van der Waals surface area contributed by atoms with Crippen molar-refractivity contribution in [2.45, 2.75) is 32.1 Å². The van der Waals surface area contributed by atoms with Crippen LogP contribution in [0, 0.1) is 5.92 Å². The number of carbonyl (C=O) groups is 1. The molecule has 2 atom stereocenters. The standard InChI is InChI=1S/C21H20O4/c1-11(8-20(24)25)14-4-6-18-16(14)5-7-17-15-3-2-13(22)9-12(15)10-19(23)21(17)18/h2-3,5,7,9-11,14,22-23H,4,6,8H2,1H3,(H,24,25). The van der Waals surface area contributed by atoms with Crippen molar-refractivity contribution in [3.8, 4) is 11.5 Å². The van der Waals surface area contributed by atoms with Crippen LogP contribution in [0.3, 0.4) is 0 Å². The number of carboxylic acids is 1. The molecule has 0 aliphatic heterocycles. The average Bonchev–Trinajstić information content (AvgIpc) is 2.97. The minimum Gasteiger partial charge on any atom is -0.508 e. The fourth-order valence-electron chi connectivity index (χ4n) is 4.40. The number of hydrogen-bond acceptors (Lipinski definition) is 3. The Bertz CT molecular complexity index is 1010. The number of aromatic hydroxyl groups is 2. The van der Waals surface area contributed by atoms with E-state index in [1.165, 1.54) is 0 Å². The number of benzene rings is 3. The van der Waals surface area contributed by atoms with E-state index in [1.54, 1.807) is 18.2 Å². The highest BCUT2D eigenvalue weighted by molar-refractivity contribution is 6.12. The molecule has 0 heterocycles. The number of hydrogen-bond donors (Lipinski definition) is 3. The monoisotopic (exact) mass is 336 g/mol. The molecule has 3 aromatic rings. The molecule has 0 bridgehead atoms. The van der Waals surface area contributed by atoms with Crippen molar-refractivity contribution in [2.24, 2.45) is 5.92 Å². The fraction of sp³-hybridized carbons (Fsp3) is 0.286. The molecule has 128 valence electrons. The first kappa shape index (κ1) is 15.8. The number of aliphatic carboxylic acids is 1. The molecule has 4 rings (SSSR count). The van der Waals surface area contributed by atoms with Crippen molar-refractivity contribution in [3.05, 3.63) is 47.5 Å². The van der Waals surface area contributed by atoms with Gasteiger partial charge in [0, 0.05) is 11.8 Å². The molecule has 1 aliphatic carbocycles. The van der Waals surface area contributed by atoms with Gasteiger partial charge in [-0.2, -0.15) is 0 Å². The summed E-state index contributed by atoms with van der Waals surface area (Å²) in [6, 6.07) is 11.0. The van der Waals surface area contributed by atoms with Crippen LogP contribution in [0.5, 0.6) is 11.5 Å². The first-order valence-corrected chi connectivity index (χ1v) is 8.57. The lowest BCUT2D eigenvalue weighted by Crippen LogP contribution is -2.11. The van der Waals surface area contributed by atoms with Crippen LogP contribution in [-0.4, -0.2) is 21.3 Å². The molecule has 0 saturated heterocycles. The Hall–Kier alpha value is -2.75. The first-order valence-electron chi connectivity index (χ1n) is 8.57. The maximum absolute atomic E-state index is 11.1. The Morgan fingerprint density at radius 1 is 1.16 bits per heavy atom. The minimum absolute atomic E-state index is 0.0655. The molecule has 0 fully saturated rings. The average molecular weight is 336 g/mol. The SMILES string of the molecule is CC(CC(=O)O)C1CCc2c1ccc1c2c(O)cc2cc(O)ccc21. The lowest BCUT2D eigenvalue weighted by Gasteiger charge is -2.19. The van der Waals surface area contributed by atoms with Gasteiger partial charge in [0.15, 0.2) is 0 Å². The van der Waals surface area contributed by atoms with Gasteiger partial charge in [-0.15, -0.1) is 0 Å². The van der Waals surface area contributed by atoms with Crippen molar-refractivity contribution in [3.63, 3.8) is 0 Å². The van der Waals surface area contributed by atoms with Gasteiger partial charge >= 0.3 is 5.97 Å². The zero-order valence-corrected chi connectivity index (χ0v) is 14.0. The summed E-state index contributed by atoms with van der Waals surface area (Å²) in [6.45, 7) is 1.99. The van der Waals surface area contributed by atoms with Gasteiger partial charge in [0.25, 0.3) is 0 Å². The van der Waals surface area contributed by atoms with E-state index in [4.69, 9.17) is 5.11 Å². The Morgan fingerprint density at radius 3 is 2.68 bits per heavy atom. The molecular formula is C21H20O4. The van der Waals surface area contributed by atoms with Gasteiger partial charge in [-0.25, -0.2) is 0 Å². The van der Waals surface area contributed by atoms with Crippen molar-refractivity contribution in [1.29, 1.82) is 0 Å². The summed E-state index contributed by atoms with van der Waals surface area (Å²) in [4.78, 5) is 11.1. The summed E-state index contributed by atoms with van der Waals surface area (Å²) < 4.78 is 0. The zero-order chi connectivity index (χ0) is 17.7. The molecule has 0 saturated carbocycles. The third kappa shape index (κ3) is 2.49. The molecule has 0 amide bonds. The van der Waals surface area contributed by atoms with Gasteiger partial charge in [-0.1, -0.05) is 25.1 Å². The lowest BCUT2D eigenvalue weighted by atomic mass is 9.85. The number of fused-ring (bicyclic) bond motifs is 5. The maximum atomic E-state index is 11.1. The van der Waals surface area contributed by atoms with Crippen LogP contribution >= 0.6 is 0 Å². The van der Waals surface area contributed by atoms with Crippen molar-refractivity contribution >= 4 is 27.5 Å². The number of rotatable bonds is 3. The Labute approximate surface area is 145 Å². The molecule has 0 spiro atoms. The summed E-state index contributed by atoms with van der Waals surface area (Å²) in [7, 11) is 0. The Morgan fingerprint density at radius 2 is 1.92 bits per heavy atom. The van der Waals surface area contributed by atoms with Gasteiger partial charge in [0.05, 0.1) is 0 Å². The quantitative estimate of drug-likeness (QED) is 0.613. The van der Waals surface area contributed by atoms with Crippen LogP contribution in [0.1, 0.15) is 36.8 Å². The molecule has 3 N–H and O–H groups in total. The fourth-order valence-corrected chi connectivity index (χ4v) is 4.40. The number of phenols is 2. The Kier molecular flexibility index (Phi) is 3.57. The molecule has 25 heavy (non-hydrogen) atoms. The smallest absolute Gasteiger partial charge is 0.303 e. The van der Waals surface area contributed by atoms with Gasteiger partial charge in [0.2, 0.25) is 0 Å². The van der Waals surface area contributed by atoms with E-state index in [1.807, 2.05) is 19.1 Å². The predicted molar refractivity (Wildman–Crippen MR) is 97.3 cm³/mol. The van der Waals surface area contributed by atoms with Gasteiger partial charge in [0.1, 0.15) is 11.5 Å². The van der Waals surface area contributed by atoms with Crippen LogP contribution in [0.25, 0.3) is 21.5 Å². The van der Waals surface area contributed by atoms with E-state index in [0.717, 1.165) is 45.5 Å². The summed E-state index contributed by atoms with van der Waals surface area (Å²) in [5, 5.41) is 33.0. The van der Waals surface area contributed by atoms with Crippen molar-refractivity contribution in [2.75, 3.05) is 0 Å². The molecule has 0 radical (unpaired) electrons. The number of carboxylic acid groups (broad SMARTS) is 1. The summed E-state index contributed by atoms with van der Waals surface area (Å²) >= 11 is 0. The van der Waals surface area contributed by atoms with Crippen LogP contribution in [0.15, 0.2) is 36.4 Å². The van der Waals surface area contributed by atoms with Crippen LogP contribution in [0.4, 0.5) is 0 Å². The highest BCUT2D eigenvalue weighted by atomic mass is 16.4. The molecule has 2 unspecified atom stereocenters. The molecule has 4 nitrogen and oxygen atoms in total. The van der Waals surface area contributed by atoms with Gasteiger partial charge in [-0.05, 0) is 70.2 Å². The highest BCUT2D eigenvalue weighted by Gasteiger charge is 2.30. The van der Waals surface area contributed by atoms with Crippen LogP contribution < -0.4 is 0 Å². The Balaban J connectivity index is 1.91. The lowest BCUT2D eigenvalue weighted by molar-refractivity contribution is -0.138. The third-order valence-corrected chi connectivity index (χ3v) is 5.51. The maximum Gasteiger partial charge on any atom is 0.303 e. The van der Waals surface area contributed by atoms with Gasteiger partial charge in [-0.3, -0.25) is 4.79 Å². The molecule has 0 aromatic heterocycles. The van der Waals surface area contributed by atoms with Crippen molar-refractivity contribution in [1.82, 2.24) is 0 Å². The molecule has 3 aromatic carbocycles. The largest absolute Gasteiger partial charge is 0.508 e. The van der Waals surface area contributed by atoms with E-state index >= 15 is 0 Å². The van der Waals surface area contributed by atoms with E-state index in [9.17, 15) is 15.0 Å². The van der Waals surface area contributed by atoms with Crippen LogP contribution in [-0.2, 0) is 11.2 Å². The van der Waals surface area contributed by atoms with Crippen LogP contribution in [0.2, 0.25) is 0 Å². The predicted octanol–water partition coefficient (Wildman–Crippen LogP) is 4.54. The summed E-state index contributed by atoms with van der Waals surface area (Å²) in [5.74, 6) is -0.0944. The number of phenolic OH excluding ortho intramolecular Hbond substituents is 2.